The predicted octanol–water partition coefficient (Wildman–Crippen LogP) is 3.38. The van der Waals surface area contributed by atoms with Crippen molar-refractivity contribution < 1.29 is 28.9 Å². The summed E-state index contributed by atoms with van der Waals surface area (Å²) in [6.07, 6.45) is 0.540. The fourth-order valence-electron chi connectivity index (χ4n) is 3.58. The van der Waals surface area contributed by atoms with E-state index in [-0.39, 0.29) is 17.9 Å². The lowest BCUT2D eigenvalue weighted by atomic mass is 9.72. The highest BCUT2D eigenvalue weighted by molar-refractivity contribution is 6.19. The number of aliphatic hydroxyl groups is 1. The number of furan rings is 1. The molecule has 1 heterocycles. The lowest BCUT2D eigenvalue weighted by Gasteiger charge is -2.30. The van der Waals surface area contributed by atoms with E-state index in [0.29, 0.717) is 46.6 Å². The van der Waals surface area contributed by atoms with E-state index >= 15 is 0 Å². The Morgan fingerprint density at radius 1 is 1.19 bits per heavy atom. The Morgan fingerprint density at radius 2 is 1.96 bits per heavy atom. The second-order valence-electron chi connectivity index (χ2n) is 7.03. The Hall–Kier alpha value is -2.70. The summed E-state index contributed by atoms with van der Waals surface area (Å²) in [4.78, 5) is 13.1. The molecule has 3 aromatic rings. The Kier molecular flexibility index (Phi) is 4.80. The molecule has 4 rings (SSSR count). The van der Waals surface area contributed by atoms with Gasteiger partial charge in [-0.15, -0.1) is 0 Å². The molecule has 0 atom stereocenters. The Morgan fingerprint density at radius 3 is 2.70 bits per heavy atom. The van der Waals surface area contributed by atoms with Crippen molar-refractivity contribution in [3.8, 4) is 5.75 Å². The third-order valence-corrected chi connectivity index (χ3v) is 4.93. The largest absolute Gasteiger partial charge is 0.493 e. The number of rotatable bonds is 4. The normalized spacial score (nSPS) is 14.4. The van der Waals surface area contributed by atoms with E-state index in [0.717, 1.165) is 5.56 Å². The van der Waals surface area contributed by atoms with Crippen LogP contribution in [0.4, 0.5) is 4.39 Å². The van der Waals surface area contributed by atoms with Crippen LogP contribution in [0.1, 0.15) is 47.5 Å². The van der Waals surface area contributed by atoms with Crippen molar-refractivity contribution in [1.82, 2.24) is 0 Å². The summed E-state index contributed by atoms with van der Waals surface area (Å²) in [6.45, 7) is 4.42. The van der Waals surface area contributed by atoms with Gasteiger partial charge < -0.3 is 19.7 Å². The third kappa shape index (κ3) is 2.91. The lowest BCUT2D eigenvalue weighted by Crippen LogP contribution is -2.29. The number of halogens is 1. The fourth-order valence-corrected chi connectivity index (χ4v) is 3.58. The van der Waals surface area contributed by atoms with Crippen LogP contribution < -0.4 is 4.74 Å². The molecule has 0 spiro atoms. The minimum absolute atomic E-state index is 0. The maximum Gasteiger partial charge on any atom is 0.197 e. The molecule has 3 N–H and O–H groups in total. The molecule has 0 saturated carbocycles. The number of aliphatic hydroxyl groups excluding tert-OH is 1. The summed E-state index contributed by atoms with van der Waals surface area (Å²) in [5.74, 6) is 0.666. The Bertz CT molecular complexity index is 1020. The van der Waals surface area contributed by atoms with Crippen LogP contribution in [0.25, 0.3) is 11.0 Å². The van der Waals surface area contributed by atoms with Gasteiger partial charge in [-0.1, -0.05) is 0 Å². The molecule has 0 bridgehead atoms. The second-order valence-corrected chi connectivity index (χ2v) is 7.03. The van der Waals surface area contributed by atoms with Crippen molar-refractivity contribution in [2.75, 3.05) is 13.2 Å². The summed E-state index contributed by atoms with van der Waals surface area (Å²) in [5, 5.41) is 9.52. The molecule has 0 aliphatic heterocycles. The zero-order valence-corrected chi connectivity index (χ0v) is 15.1. The van der Waals surface area contributed by atoms with Gasteiger partial charge in [0.05, 0.1) is 12.2 Å². The van der Waals surface area contributed by atoms with Crippen LogP contribution in [0.15, 0.2) is 40.8 Å². The van der Waals surface area contributed by atoms with Crippen LogP contribution in [0.2, 0.25) is 0 Å². The van der Waals surface area contributed by atoms with Crippen LogP contribution in [-0.2, 0) is 5.41 Å². The molecular formula is C21H21FO5. The highest BCUT2D eigenvalue weighted by atomic mass is 19.1. The summed E-state index contributed by atoms with van der Waals surface area (Å²) >= 11 is 0. The minimum Gasteiger partial charge on any atom is -0.493 e. The number of ether oxygens (including phenoxy) is 1. The van der Waals surface area contributed by atoms with Gasteiger partial charge in [0.15, 0.2) is 5.78 Å². The molecule has 2 aromatic carbocycles. The van der Waals surface area contributed by atoms with Gasteiger partial charge in [-0.25, -0.2) is 4.39 Å². The number of hydrogen-bond acceptors (Lipinski definition) is 4. The highest BCUT2D eigenvalue weighted by Gasteiger charge is 2.41. The van der Waals surface area contributed by atoms with Gasteiger partial charge >= 0.3 is 0 Å². The average Bonchev–Trinajstić information content (AvgIpc) is 3.00. The van der Waals surface area contributed by atoms with Crippen LogP contribution in [0.5, 0.6) is 5.75 Å². The number of ketones is 1. The number of benzene rings is 2. The summed E-state index contributed by atoms with van der Waals surface area (Å²) in [7, 11) is 0. The number of carbonyl (C=O) groups is 1. The SMILES string of the molecule is CC1(C)c2cc(OCCCO)ccc2C(=O)c2c1oc1cc(F)ccc21.O. The van der Waals surface area contributed by atoms with Gasteiger partial charge in [0.25, 0.3) is 0 Å². The van der Waals surface area contributed by atoms with E-state index < -0.39 is 11.2 Å². The molecule has 1 aliphatic carbocycles. The lowest BCUT2D eigenvalue weighted by molar-refractivity contribution is 0.102. The topological polar surface area (TPSA) is 91.2 Å². The average molecular weight is 372 g/mol. The first-order valence-electron chi connectivity index (χ1n) is 8.59. The Balaban J connectivity index is 0.00000210. The monoisotopic (exact) mass is 372 g/mol. The molecule has 5 nitrogen and oxygen atoms in total. The summed E-state index contributed by atoms with van der Waals surface area (Å²) in [5.41, 5.74) is 1.74. The second kappa shape index (κ2) is 6.79. The molecule has 0 radical (unpaired) electrons. The first kappa shape index (κ1) is 19.1. The van der Waals surface area contributed by atoms with Crippen molar-refractivity contribution in [1.29, 1.82) is 0 Å². The maximum absolute atomic E-state index is 13.6. The van der Waals surface area contributed by atoms with Crippen molar-refractivity contribution in [2.45, 2.75) is 25.7 Å². The summed E-state index contributed by atoms with van der Waals surface area (Å²) < 4.78 is 25.1. The van der Waals surface area contributed by atoms with Gasteiger partial charge in [-0.2, -0.15) is 0 Å². The van der Waals surface area contributed by atoms with Crippen molar-refractivity contribution in [3.63, 3.8) is 0 Å². The maximum atomic E-state index is 13.6. The quantitative estimate of drug-likeness (QED) is 0.711. The van der Waals surface area contributed by atoms with Crippen LogP contribution >= 0.6 is 0 Å². The molecule has 1 aromatic heterocycles. The molecule has 0 saturated heterocycles. The van der Waals surface area contributed by atoms with Crippen molar-refractivity contribution in [2.24, 2.45) is 0 Å². The first-order valence-corrected chi connectivity index (χ1v) is 8.59. The number of hydrogen-bond donors (Lipinski definition) is 1. The minimum atomic E-state index is -0.565. The fraction of sp³-hybridized carbons (Fsp3) is 0.286. The predicted molar refractivity (Wildman–Crippen MR) is 99.0 cm³/mol. The van der Waals surface area contributed by atoms with Crippen molar-refractivity contribution >= 4 is 16.8 Å². The van der Waals surface area contributed by atoms with Gasteiger partial charge in [-0.3, -0.25) is 4.79 Å². The Labute approximate surface area is 155 Å². The molecule has 0 fully saturated rings. The van der Waals surface area contributed by atoms with E-state index in [1.165, 1.54) is 12.1 Å². The van der Waals surface area contributed by atoms with E-state index in [9.17, 15) is 9.18 Å². The van der Waals surface area contributed by atoms with Gasteiger partial charge in [0, 0.05) is 35.5 Å². The standard InChI is InChI=1S/C21H19FO4.H2O/c1-21(2)16-11-13(25-9-3-8-23)5-7-14(16)19(24)18-15-6-4-12(22)10-17(15)26-20(18)21;/h4-7,10-11,23H,3,8-9H2,1-2H3;1H2. The van der Waals surface area contributed by atoms with Gasteiger partial charge in [0.1, 0.15) is 22.9 Å². The zero-order valence-electron chi connectivity index (χ0n) is 15.1. The number of fused-ring (bicyclic) bond motifs is 4. The van der Waals surface area contributed by atoms with Gasteiger partial charge in [-0.05, 0) is 49.7 Å². The zero-order chi connectivity index (χ0) is 18.5. The summed E-state index contributed by atoms with van der Waals surface area (Å²) in [6, 6.07) is 9.62. The van der Waals surface area contributed by atoms with Gasteiger partial charge in [0.2, 0.25) is 0 Å². The molecule has 0 amide bonds. The molecule has 0 unspecified atom stereocenters. The molecule has 6 heteroatoms. The smallest absolute Gasteiger partial charge is 0.197 e. The third-order valence-electron chi connectivity index (χ3n) is 4.93. The van der Waals surface area contributed by atoms with E-state index in [2.05, 4.69) is 0 Å². The highest BCUT2D eigenvalue weighted by Crippen LogP contribution is 2.46. The van der Waals surface area contributed by atoms with E-state index in [1.807, 2.05) is 19.9 Å². The molecular weight excluding hydrogens is 351 g/mol. The molecule has 142 valence electrons. The van der Waals surface area contributed by atoms with Crippen LogP contribution in [0, 0.1) is 5.82 Å². The molecule has 27 heavy (non-hydrogen) atoms. The molecule has 1 aliphatic rings. The van der Waals surface area contributed by atoms with Crippen LogP contribution in [-0.4, -0.2) is 29.6 Å². The number of carbonyl (C=O) groups excluding carboxylic acids is 1. The van der Waals surface area contributed by atoms with Crippen molar-refractivity contribution in [3.05, 3.63) is 64.7 Å². The first-order chi connectivity index (χ1) is 12.4. The van der Waals surface area contributed by atoms with Crippen LogP contribution in [0.3, 0.4) is 0 Å². The van der Waals surface area contributed by atoms with E-state index in [1.54, 1.807) is 18.2 Å². The van der Waals surface area contributed by atoms with E-state index in [4.69, 9.17) is 14.3 Å².